The van der Waals surface area contributed by atoms with Crippen LogP contribution in [0.25, 0.3) is 11.0 Å². The molecule has 2 aromatic rings. The van der Waals surface area contributed by atoms with E-state index in [9.17, 15) is 4.79 Å². The molecule has 186 valence electrons. The molecular weight excluding hydrogens is 422 g/mol. The molecule has 2 fully saturated rings. The molecule has 2 aliphatic rings. The number of piperidine rings is 1. The van der Waals surface area contributed by atoms with Crippen molar-refractivity contribution in [3.8, 4) is 0 Å². The van der Waals surface area contributed by atoms with Crippen molar-refractivity contribution in [2.45, 2.75) is 103 Å². The van der Waals surface area contributed by atoms with Gasteiger partial charge in [0.1, 0.15) is 5.69 Å². The molecule has 0 spiro atoms. The lowest BCUT2D eigenvalue weighted by molar-refractivity contribution is 0.101. The van der Waals surface area contributed by atoms with Crippen LogP contribution in [0, 0.1) is 17.2 Å². The quantitative estimate of drug-likeness (QED) is 0.306. The summed E-state index contributed by atoms with van der Waals surface area (Å²) < 4.78 is 1.97. The predicted octanol–water partition coefficient (Wildman–Crippen LogP) is 5.11. The molecule has 2 heterocycles. The van der Waals surface area contributed by atoms with Crippen LogP contribution in [0.4, 0.5) is 0 Å². The molecule has 34 heavy (non-hydrogen) atoms. The van der Waals surface area contributed by atoms with E-state index in [2.05, 4.69) is 18.7 Å². The Kier molecular flexibility index (Phi) is 8.41. The number of unbranched alkanes of at least 4 members (excludes halogenated alkanes) is 2. The van der Waals surface area contributed by atoms with Gasteiger partial charge in [-0.25, -0.2) is 4.98 Å². The Morgan fingerprint density at radius 2 is 1.74 bits per heavy atom. The molecule has 1 saturated heterocycles. The number of hydrogen-bond donors (Lipinski definition) is 2. The second kappa shape index (κ2) is 11.5. The van der Waals surface area contributed by atoms with Crippen LogP contribution in [0.15, 0.2) is 29.1 Å². The summed E-state index contributed by atoms with van der Waals surface area (Å²) >= 11 is 0. The van der Waals surface area contributed by atoms with Crippen LogP contribution in [-0.2, 0) is 13.0 Å². The molecule has 1 aliphatic heterocycles. The second-order valence-corrected chi connectivity index (χ2v) is 10.8. The molecule has 0 radical (unpaired) electrons. The summed E-state index contributed by atoms with van der Waals surface area (Å²) in [7, 11) is 0. The third-order valence-electron chi connectivity index (χ3n) is 8.30. The fraction of sp³-hybridized carbons (Fsp3) is 0.679. The fourth-order valence-corrected chi connectivity index (χ4v) is 6.29. The van der Waals surface area contributed by atoms with Crippen LogP contribution < -0.4 is 11.3 Å². The van der Waals surface area contributed by atoms with Gasteiger partial charge in [-0.2, -0.15) is 0 Å². The minimum absolute atomic E-state index is 0.0712. The topological polar surface area (TPSA) is 88.0 Å². The monoisotopic (exact) mass is 465 g/mol. The molecule has 4 unspecified atom stereocenters. The highest BCUT2D eigenvalue weighted by molar-refractivity contribution is 5.79. The molecule has 6 nitrogen and oxygen atoms in total. The largest absolute Gasteiger partial charge is 0.387 e. The van der Waals surface area contributed by atoms with E-state index in [0.29, 0.717) is 36.0 Å². The second-order valence-electron chi connectivity index (χ2n) is 10.8. The van der Waals surface area contributed by atoms with Crippen LogP contribution in [-0.4, -0.2) is 38.9 Å². The van der Waals surface area contributed by atoms with Gasteiger partial charge in [0.15, 0.2) is 0 Å². The number of hydrogen-bond acceptors (Lipinski definition) is 4. The first-order valence-electron chi connectivity index (χ1n) is 13.5. The van der Waals surface area contributed by atoms with E-state index in [0.717, 1.165) is 56.1 Å². The molecule has 6 heteroatoms. The number of rotatable bonds is 9. The van der Waals surface area contributed by atoms with Gasteiger partial charge in [-0.15, -0.1) is 0 Å². The predicted molar refractivity (Wildman–Crippen MR) is 140 cm³/mol. The molecule has 1 aromatic heterocycles. The highest BCUT2D eigenvalue weighted by atomic mass is 16.1. The summed E-state index contributed by atoms with van der Waals surface area (Å²) in [5.74, 6) is 0.833. The maximum Gasteiger partial charge on any atom is 0.272 e. The molecule has 1 aromatic carbocycles. The van der Waals surface area contributed by atoms with Crippen molar-refractivity contribution < 1.29 is 0 Å². The van der Waals surface area contributed by atoms with E-state index in [1.165, 1.54) is 32.2 Å². The third kappa shape index (κ3) is 5.88. The maximum absolute atomic E-state index is 13.5. The summed E-state index contributed by atoms with van der Waals surface area (Å²) in [5, 5.41) is 7.83. The summed E-state index contributed by atoms with van der Waals surface area (Å²) in [4.78, 5) is 21.0. The summed E-state index contributed by atoms with van der Waals surface area (Å²) in [6.45, 7) is 6.65. The Morgan fingerprint density at radius 3 is 2.50 bits per heavy atom. The average molecular weight is 466 g/mol. The van der Waals surface area contributed by atoms with Gasteiger partial charge in [-0.1, -0.05) is 37.8 Å². The standard InChI is InChI=1S/C28H43N5O/c1-20-10-8-11-21(2)32(20)16-6-3-7-17-33-26-15-5-4-14-24(26)31-25(28(33)34)19-22-12-9-13-23(18-22)27(29)30/h4-5,14-15,20-23H,3,6-13,16-19H2,1-2H3,(H3,29,30). The number of para-hydroxylation sites is 2. The Labute approximate surface area is 204 Å². The molecule has 0 bridgehead atoms. The lowest BCUT2D eigenvalue weighted by Crippen LogP contribution is -2.44. The van der Waals surface area contributed by atoms with Gasteiger partial charge >= 0.3 is 0 Å². The van der Waals surface area contributed by atoms with E-state index < -0.39 is 0 Å². The normalized spacial score (nSPS) is 26.1. The minimum Gasteiger partial charge on any atom is -0.387 e. The molecule has 4 atom stereocenters. The van der Waals surface area contributed by atoms with Gasteiger partial charge in [0.25, 0.3) is 5.56 Å². The number of nitrogens with zero attached hydrogens (tertiary/aromatic N) is 3. The molecule has 0 amide bonds. The lowest BCUT2D eigenvalue weighted by atomic mass is 9.79. The number of nitrogens with two attached hydrogens (primary N) is 1. The van der Waals surface area contributed by atoms with E-state index in [4.69, 9.17) is 16.1 Å². The summed E-state index contributed by atoms with van der Waals surface area (Å²) in [6.07, 6.45) is 12.1. The van der Waals surface area contributed by atoms with E-state index >= 15 is 0 Å². The smallest absolute Gasteiger partial charge is 0.272 e. The Bertz CT molecular complexity index is 1020. The molecule has 4 rings (SSSR count). The van der Waals surface area contributed by atoms with Crippen LogP contribution in [0.2, 0.25) is 0 Å². The highest BCUT2D eigenvalue weighted by Crippen LogP contribution is 2.31. The molecule has 1 aliphatic carbocycles. The van der Waals surface area contributed by atoms with Crippen LogP contribution in [0.1, 0.15) is 83.7 Å². The van der Waals surface area contributed by atoms with Gasteiger partial charge in [0.2, 0.25) is 0 Å². The fourth-order valence-electron chi connectivity index (χ4n) is 6.29. The van der Waals surface area contributed by atoms with Crippen molar-refractivity contribution in [3.05, 3.63) is 40.3 Å². The number of aromatic nitrogens is 2. The number of aryl methyl sites for hydroxylation is 1. The van der Waals surface area contributed by atoms with Gasteiger partial charge in [0.05, 0.1) is 16.9 Å². The zero-order valence-corrected chi connectivity index (χ0v) is 21.1. The number of fused-ring (bicyclic) bond motifs is 1. The van der Waals surface area contributed by atoms with Gasteiger partial charge in [0, 0.05) is 24.5 Å². The van der Waals surface area contributed by atoms with Crippen molar-refractivity contribution in [2.24, 2.45) is 17.6 Å². The SMILES string of the molecule is CC1CCCC(C)N1CCCCCn1c(=O)c(CC2CCCC(C(=N)N)C2)nc2ccccc21. The Balaban J connectivity index is 1.41. The van der Waals surface area contributed by atoms with Crippen LogP contribution >= 0.6 is 0 Å². The van der Waals surface area contributed by atoms with Crippen molar-refractivity contribution in [2.75, 3.05) is 6.54 Å². The van der Waals surface area contributed by atoms with E-state index in [1.807, 2.05) is 28.8 Å². The first-order chi connectivity index (χ1) is 16.4. The zero-order valence-electron chi connectivity index (χ0n) is 21.1. The first kappa shape index (κ1) is 24.9. The zero-order chi connectivity index (χ0) is 24.1. The van der Waals surface area contributed by atoms with Gasteiger partial charge in [-0.05, 0) is 83.4 Å². The number of nitrogens with one attached hydrogen (secondary N) is 1. The van der Waals surface area contributed by atoms with Gasteiger partial charge < -0.3 is 10.3 Å². The molecular formula is C28H43N5O. The van der Waals surface area contributed by atoms with Crippen LogP contribution in [0.3, 0.4) is 0 Å². The van der Waals surface area contributed by atoms with Crippen molar-refractivity contribution in [1.29, 1.82) is 5.41 Å². The number of amidine groups is 1. The summed E-state index contributed by atoms with van der Waals surface area (Å²) in [5.41, 5.74) is 8.40. The van der Waals surface area contributed by atoms with Crippen LogP contribution in [0.5, 0.6) is 0 Å². The number of benzene rings is 1. The minimum atomic E-state index is 0.0712. The Morgan fingerprint density at radius 1 is 1.03 bits per heavy atom. The van der Waals surface area contributed by atoms with E-state index in [1.54, 1.807) is 0 Å². The van der Waals surface area contributed by atoms with Crippen molar-refractivity contribution in [3.63, 3.8) is 0 Å². The Hall–Kier alpha value is -2.21. The first-order valence-corrected chi connectivity index (χ1v) is 13.5. The third-order valence-corrected chi connectivity index (χ3v) is 8.30. The van der Waals surface area contributed by atoms with Crippen molar-refractivity contribution >= 4 is 16.9 Å². The van der Waals surface area contributed by atoms with Crippen molar-refractivity contribution in [1.82, 2.24) is 14.5 Å². The highest BCUT2D eigenvalue weighted by Gasteiger charge is 2.26. The lowest BCUT2D eigenvalue weighted by Gasteiger charge is -2.39. The van der Waals surface area contributed by atoms with Gasteiger partial charge in [-0.3, -0.25) is 15.1 Å². The summed E-state index contributed by atoms with van der Waals surface area (Å²) in [6, 6.07) is 9.43. The average Bonchev–Trinajstić information content (AvgIpc) is 2.82. The number of likely N-dealkylation sites (tertiary alicyclic amines) is 1. The molecule has 3 N–H and O–H groups in total. The maximum atomic E-state index is 13.5. The molecule has 1 saturated carbocycles. The van der Waals surface area contributed by atoms with E-state index in [-0.39, 0.29) is 11.5 Å².